The van der Waals surface area contributed by atoms with Crippen molar-refractivity contribution in [2.75, 3.05) is 19.6 Å². The van der Waals surface area contributed by atoms with Crippen molar-refractivity contribution in [3.63, 3.8) is 0 Å². The van der Waals surface area contributed by atoms with Crippen molar-refractivity contribution >= 4 is 0 Å². The van der Waals surface area contributed by atoms with Crippen LogP contribution in [0.2, 0.25) is 0 Å². The van der Waals surface area contributed by atoms with Crippen LogP contribution in [-0.4, -0.2) is 30.7 Å². The van der Waals surface area contributed by atoms with Crippen LogP contribution in [-0.2, 0) is 0 Å². The summed E-state index contributed by atoms with van der Waals surface area (Å²) in [6.45, 7) is 0.772. The monoisotopic (exact) mass is 290 g/mol. The normalized spacial score (nSPS) is 22.8. The second-order valence-electron chi connectivity index (χ2n) is 5.27. The Bertz CT molecular complexity index is 447. The average molecular weight is 290 g/mol. The Kier molecular flexibility index (Phi) is 4.65. The number of likely N-dealkylation sites (tertiary alicyclic amines) is 1. The molecular weight excluding hydrogens is 272 g/mol. The lowest BCUT2D eigenvalue weighted by atomic mass is 9.96. The number of nitrogens with two attached hydrogens (primary N) is 1. The Labute approximate surface area is 115 Å². The first-order valence-corrected chi connectivity index (χ1v) is 6.67. The van der Waals surface area contributed by atoms with Crippen molar-refractivity contribution in [3.8, 4) is 0 Å². The van der Waals surface area contributed by atoms with Gasteiger partial charge in [-0.1, -0.05) is 18.2 Å². The quantitative estimate of drug-likeness (QED) is 0.867. The highest BCUT2D eigenvalue weighted by molar-refractivity contribution is 5.21. The summed E-state index contributed by atoms with van der Waals surface area (Å²) >= 11 is 0. The molecule has 20 heavy (non-hydrogen) atoms. The molecule has 1 saturated heterocycles. The molecule has 1 aromatic rings. The highest BCUT2D eigenvalue weighted by Gasteiger charge is 2.41. The largest absolute Gasteiger partial charge is 0.393 e. The molecule has 0 amide bonds. The second-order valence-corrected chi connectivity index (χ2v) is 5.27. The molecule has 0 bridgehead atoms. The first kappa shape index (κ1) is 15.3. The molecule has 1 aliphatic rings. The van der Waals surface area contributed by atoms with E-state index >= 15 is 0 Å². The molecule has 0 aliphatic carbocycles. The van der Waals surface area contributed by atoms with Gasteiger partial charge in [0.05, 0.1) is 5.92 Å². The number of hydrogen-bond acceptors (Lipinski definition) is 2. The van der Waals surface area contributed by atoms with Crippen LogP contribution in [0.25, 0.3) is 0 Å². The van der Waals surface area contributed by atoms with Crippen LogP contribution in [0, 0.1) is 11.7 Å². The maximum Gasteiger partial charge on any atom is 0.393 e. The van der Waals surface area contributed by atoms with Gasteiger partial charge in [0.2, 0.25) is 0 Å². The van der Waals surface area contributed by atoms with Gasteiger partial charge < -0.3 is 10.6 Å². The summed E-state index contributed by atoms with van der Waals surface area (Å²) in [4.78, 5) is 1.68. The van der Waals surface area contributed by atoms with Gasteiger partial charge >= 0.3 is 6.18 Å². The number of alkyl halides is 3. The zero-order valence-corrected chi connectivity index (χ0v) is 11.0. The van der Waals surface area contributed by atoms with E-state index in [1.807, 2.05) is 0 Å². The molecule has 0 saturated carbocycles. The molecule has 2 unspecified atom stereocenters. The summed E-state index contributed by atoms with van der Waals surface area (Å²) in [5, 5.41) is 0. The van der Waals surface area contributed by atoms with Crippen molar-refractivity contribution in [2.45, 2.75) is 25.1 Å². The fraction of sp³-hybridized carbons (Fsp3) is 0.571. The number of benzene rings is 1. The van der Waals surface area contributed by atoms with E-state index in [2.05, 4.69) is 0 Å². The molecule has 2 nitrogen and oxygen atoms in total. The van der Waals surface area contributed by atoms with Crippen molar-refractivity contribution in [3.05, 3.63) is 35.6 Å². The number of piperidine rings is 1. The van der Waals surface area contributed by atoms with E-state index in [0.29, 0.717) is 18.5 Å². The van der Waals surface area contributed by atoms with E-state index in [4.69, 9.17) is 5.73 Å². The second kappa shape index (κ2) is 6.10. The van der Waals surface area contributed by atoms with Gasteiger partial charge in [-0.2, -0.15) is 13.2 Å². The lowest BCUT2D eigenvalue weighted by Crippen LogP contribution is -2.44. The zero-order chi connectivity index (χ0) is 14.8. The van der Waals surface area contributed by atoms with Gasteiger partial charge in [0.25, 0.3) is 0 Å². The highest BCUT2D eigenvalue weighted by Crippen LogP contribution is 2.33. The third-order valence-corrected chi connectivity index (χ3v) is 3.73. The van der Waals surface area contributed by atoms with E-state index < -0.39 is 24.0 Å². The van der Waals surface area contributed by atoms with Crippen LogP contribution in [0.1, 0.15) is 24.4 Å². The summed E-state index contributed by atoms with van der Waals surface area (Å²) < 4.78 is 51.7. The van der Waals surface area contributed by atoms with Crippen LogP contribution in [0.5, 0.6) is 0 Å². The maximum atomic E-state index is 13.6. The van der Waals surface area contributed by atoms with Crippen molar-refractivity contribution in [1.82, 2.24) is 4.90 Å². The van der Waals surface area contributed by atoms with Crippen LogP contribution < -0.4 is 5.73 Å². The Hall–Kier alpha value is -1.14. The van der Waals surface area contributed by atoms with Gasteiger partial charge in [-0.3, -0.25) is 0 Å². The summed E-state index contributed by atoms with van der Waals surface area (Å²) in [6.07, 6.45) is -3.51. The van der Waals surface area contributed by atoms with E-state index in [0.717, 1.165) is 0 Å². The average Bonchev–Trinajstić information content (AvgIpc) is 2.38. The Morgan fingerprint density at radius 1 is 1.30 bits per heavy atom. The highest BCUT2D eigenvalue weighted by atomic mass is 19.4. The molecule has 2 N–H and O–H groups in total. The van der Waals surface area contributed by atoms with Crippen molar-refractivity contribution in [1.29, 1.82) is 0 Å². The predicted octanol–water partition coefficient (Wildman–Crippen LogP) is 3.10. The molecule has 1 aliphatic heterocycles. The van der Waals surface area contributed by atoms with E-state index in [-0.39, 0.29) is 19.5 Å². The van der Waals surface area contributed by atoms with Crippen LogP contribution in [0.3, 0.4) is 0 Å². The Morgan fingerprint density at radius 2 is 2.00 bits per heavy atom. The summed E-state index contributed by atoms with van der Waals surface area (Å²) in [7, 11) is 0. The number of halogens is 4. The lowest BCUT2D eigenvalue weighted by molar-refractivity contribution is -0.186. The smallest absolute Gasteiger partial charge is 0.323 e. The Morgan fingerprint density at radius 3 is 2.65 bits per heavy atom. The van der Waals surface area contributed by atoms with Gasteiger partial charge in [-0.15, -0.1) is 0 Å². The lowest BCUT2D eigenvalue weighted by Gasteiger charge is -2.35. The minimum Gasteiger partial charge on any atom is -0.323 e. The van der Waals surface area contributed by atoms with Gasteiger partial charge in [-0.05, 0) is 25.5 Å². The van der Waals surface area contributed by atoms with Crippen molar-refractivity contribution < 1.29 is 17.6 Å². The SMILES string of the molecule is NC(CN1CCCC(C(F)(F)F)C1)c1ccccc1F. The van der Waals surface area contributed by atoms with Gasteiger partial charge in [0.15, 0.2) is 0 Å². The van der Waals surface area contributed by atoms with Crippen LogP contribution in [0.15, 0.2) is 24.3 Å². The number of rotatable bonds is 3. The molecule has 0 spiro atoms. The first-order valence-electron chi connectivity index (χ1n) is 6.67. The van der Waals surface area contributed by atoms with Gasteiger partial charge in [0, 0.05) is 24.7 Å². The van der Waals surface area contributed by atoms with E-state index in [1.165, 1.54) is 6.07 Å². The minimum atomic E-state index is -4.17. The summed E-state index contributed by atoms with van der Waals surface area (Å²) in [5.74, 6) is -1.71. The van der Waals surface area contributed by atoms with Crippen molar-refractivity contribution in [2.24, 2.45) is 11.7 Å². The fourth-order valence-electron chi connectivity index (χ4n) is 2.64. The summed E-state index contributed by atoms with van der Waals surface area (Å²) in [5.41, 5.74) is 6.27. The predicted molar refractivity (Wildman–Crippen MR) is 68.5 cm³/mol. The molecule has 1 heterocycles. The molecule has 0 aromatic heterocycles. The van der Waals surface area contributed by atoms with Gasteiger partial charge in [-0.25, -0.2) is 4.39 Å². The number of hydrogen-bond donors (Lipinski definition) is 1. The van der Waals surface area contributed by atoms with E-state index in [1.54, 1.807) is 23.1 Å². The molecular formula is C14H18F4N2. The molecule has 2 rings (SSSR count). The molecule has 1 aromatic carbocycles. The zero-order valence-electron chi connectivity index (χ0n) is 11.0. The third kappa shape index (κ3) is 3.70. The van der Waals surface area contributed by atoms with E-state index in [9.17, 15) is 17.6 Å². The summed E-state index contributed by atoms with van der Waals surface area (Å²) in [6, 6.07) is 5.51. The fourth-order valence-corrected chi connectivity index (χ4v) is 2.64. The third-order valence-electron chi connectivity index (χ3n) is 3.73. The van der Waals surface area contributed by atoms with Crippen LogP contribution >= 0.6 is 0 Å². The van der Waals surface area contributed by atoms with Crippen LogP contribution in [0.4, 0.5) is 17.6 Å². The number of nitrogens with zero attached hydrogens (tertiary/aromatic N) is 1. The van der Waals surface area contributed by atoms with Gasteiger partial charge in [0.1, 0.15) is 5.82 Å². The molecule has 2 atom stereocenters. The molecule has 112 valence electrons. The first-order chi connectivity index (χ1) is 9.38. The maximum absolute atomic E-state index is 13.6. The topological polar surface area (TPSA) is 29.3 Å². The standard InChI is InChI=1S/C14H18F4N2/c15-12-6-2-1-5-11(12)13(19)9-20-7-3-4-10(8-20)14(16,17)18/h1-2,5-6,10,13H,3-4,7-9,19H2. The molecule has 6 heteroatoms. The molecule has 0 radical (unpaired) electrons. The molecule has 1 fully saturated rings. The Balaban J connectivity index is 1.98. The minimum absolute atomic E-state index is 0.0499.